The fourth-order valence-electron chi connectivity index (χ4n) is 0.122. The average molecular weight is 117 g/mol. The van der Waals surface area contributed by atoms with Crippen molar-refractivity contribution in [3.05, 3.63) is 0 Å². The summed E-state index contributed by atoms with van der Waals surface area (Å²) in [6.07, 6.45) is 0. The van der Waals surface area contributed by atoms with Crippen LogP contribution in [0.1, 0.15) is 13.8 Å². The molecule has 0 aromatic rings. The van der Waals surface area contributed by atoms with Gasteiger partial charge in [-0.2, -0.15) is 0 Å². The topological polar surface area (TPSA) is 0 Å². The third-order valence-corrected chi connectivity index (χ3v) is 1.44. The molecule has 0 amide bonds. The van der Waals surface area contributed by atoms with Gasteiger partial charge in [0, 0.05) is 0 Å². The molecule has 0 unspecified atom stereocenters. The third kappa shape index (κ3) is 4.71. The van der Waals surface area contributed by atoms with Crippen molar-refractivity contribution in [1.82, 2.24) is 0 Å². The van der Waals surface area contributed by atoms with Crippen molar-refractivity contribution in [2.24, 2.45) is 0 Å². The SMILES string of the molecule is CC(C)B=[P+]=S. The fraction of sp³-hybridized carbons (Fsp3) is 1.00. The first-order valence-corrected chi connectivity index (χ1v) is 3.91. The minimum absolute atomic E-state index is 0.657. The van der Waals surface area contributed by atoms with Crippen LogP contribution < -0.4 is 0 Å². The molecule has 3 heteroatoms. The minimum atomic E-state index is 0.657. The van der Waals surface area contributed by atoms with Gasteiger partial charge in [-0.1, -0.05) is 0 Å². The van der Waals surface area contributed by atoms with Crippen molar-refractivity contribution in [2.75, 3.05) is 0 Å². The molecule has 0 spiro atoms. The molecule has 0 atom stereocenters. The predicted octanol–water partition coefficient (Wildman–Crippen LogP) is 1.84. The number of rotatable bonds is 1. The van der Waals surface area contributed by atoms with E-state index in [1.807, 2.05) is 0 Å². The van der Waals surface area contributed by atoms with Crippen LogP contribution in [0.15, 0.2) is 0 Å². The van der Waals surface area contributed by atoms with E-state index in [2.05, 4.69) is 32.3 Å². The summed E-state index contributed by atoms with van der Waals surface area (Å²) in [4.78, 5) is 0. The molecule has 0 aromatic carbocycles. The monoisotopic (exact) mass is 117 g/mol. The first-order valence-electron chi connectivity index (χ1n) is 1.93. The van der Waals surface area contributed by atoms with E-state index in [1.165, 1.54) is 0 Å². The van der Waals surface area contributed by atoms with Gasteiger partial charge in [-0.3, -0.25) is 0 Å². The van der Waals surface area contributed by atoms with Gasteiger partial charge in [0.1, 0.15) is 0 Å². The summed E-state index contributed by atoms with van der Waals surface area (Å²) >= 11 is 4.64. The van der Waals surface area contributed by atoms with Gasteiger partial charge in [0.25, 0.3) is 0 Å². The van der Waals surface area contributed by atoms with Crippen LogP contribution in [0.5, 0.6) is 0 Å². The van der Waals surface area contributed by atoms with Crippen LogP contribution in [-0.2, 0) is 11.8 Å². The van der Waals surface area contributed by atoms with E-state index < -0.39 is 0 Å². The Hall–Kier alpha value is 0.715. The summed E-state index contributed by atoms with van der Waals surface area (Å²) < 4.78 is 0. The molecule has 0 aromatic heterocycles. The van der Waals surface area contributed by atoms with E-state index in [0.717, 1.165) is 6.85 Å². The quantitative estimate of drug-likeness (QED) is 0.373. The van der Waals surface area contributed by atoms with Gasteiger partial charge in [-0.25, -0.2) is 0 Å². The van der Waals surface area contributed by atoms with Crippen molar-refractivity contribution in [3.8, 4) is 0 Å². The van der Waals surface area contributed by atoms with Crippen molar-refractivity contribution >= 4 is 25.3 Å². The molecule has 0 aliphatic heterocycles. The van der Waals surface area contributed by atoms with E-state index in [0.29, 0.717) is 5.82 Å². The van der Waals surface area contributed by atoms with E-state index in [-0.39, 0.29) is 0 Å². The number of hydrogen-bond acceptors (Lipinski definition) is 1. The van der Waals surface area contributed by atoms with Gasteiger partial charge in [0.2, 0.25) is 0 Å². The van der Waals surface area contributed by atoms with Crippen LogP contribution in [-0.4, -0.2) is 6.62 Å². The third-order valence-electron chi connectivity index (χ3n) is 0.359. The van der Waals surface area contributed by atoms with E-state index >= 15 is 0 Å². The molecule has 0 rings (SSSR count). The molecule has 0 heterocycles. The second kappa shape index (κ2) is 3.89. The summed E-state index contributed by atoms with van der Waals surface area (Å²) in [7, 11) is 0. The van der Waals surface area contributed by atoms with Crippen LogP contribution in [0.25, 0.3) is 0 Å². The van der Waals surface area contributed by atoms with Gasteiger partial charge in [0.15, 0.2) is 0 Å². The summed E-state index contributed by atoms with van der Waals surface area (Å²) in [6, 6.07) is 0. The van der Waals surface area contributed by atoms with Gasteiger partial charge in [-0.05, 0) is 0 Å². The Morgan fingerprint density at radius 2 is 2.17 bits per heavy atom. The molecular formula is C3H7BPS+. The molecule has 0 bridgehead atoms. The zero-order valence-corrected chi connectivity index (χ0v) is 5.72. The first-order chi connectivity index (χ1) is 2.77. The Balaban J connectivity index is 3.29. The summed E-state index contributed by atoms with van der Waals surface area (Å²) in [5.41, 5.74) is 0. The van der Waals surface area contributed by atoms with Crippen molar-refractivity contribution < 1.29 is 0 Å². The Kier molecular flexibility index (Phi) is 4.35. The Bertz CT molecular complexity index is 74.9. The van der Waals surface area contributed by atoms with Crippen LogP contribution in [0, 0.1) is 0 Å². The van der Waals surface area contributed by atoms with Crippen LogP contribution in [0.2, 0.25) is 5.82 Å². The van der Waals surface area contributed by atoms with Crippen molar-refractivity contribution in [3.63, 3.8) is 0 Å². The van der Waals surface area contributed by atoms with Crippen LogP contribution in [0.3, 0.4) is 0 Å². The molecule has 0 radical (unpaired) electrons. The maximum absolute atomic E-state index is 4.64. The summed E-state index contributed by atoms with van der Waals surface area (Å²) in [6.45, 7) is 7.31. The van der Waals surface area contributed by atoms with Crippen molar-refractivity contribution in [2.45, 2.75) is 19.7 Å². The average Bonchev–Trinajstić information content (AvgIpc) is 1.35. The van der Waals surface area contributed by atoms with Crippen LogP contribution in [0.4, 0.5) is 0 Å². The zero-order chi connectivity index (χ0) is 4.99. The Labute approximate surface area is 45.6 Å². The molecule has 0 N–H and O–H groups in total. The molecule has 6 heavy (non-hydrogen) atoms. The van der Waals surface area contributed by atoms with E-state index in [9.17, 15) is 0 Å². The molecule has 0 fully saturated rings. The molecule has 0 aliphatic carbocycles. The van der Waals surface area contributed by atoms with Gasteiger partial charge in [0.05, 0.1) is 0 Å². The Morgan fingerprint density at radius 3 is 2.17 bits per heavy atom. The van der Waals surface area contributed by atoms with E-state index in [4.69, 9.17) is 0 Å². The molecule has 0 saturated carbocycles. The molecule has 0 aliphatic rings. The summed E-state index contributed by atoms with van der Waals surface area (Å²) in [5, 5.41) is 0. The fourth-order valence-corrected chi connectivity index (χ4v) is 1.10. The van der Waals surface area contributed by atoms with Crippen molar-refractivity contribution in [1.29, 1.82) is 0 Å². The zero-order valence-electron chi connectivity index (χ0n) is 4.01. The Morgan fingerprint density at radius 1 is 1.67 bits per heavy atom. The van der Waals surface area contributed by atoms with Crippen LogP contribution >= 0.6 is 6.85 Å². The molecule has 0 saturated heterocycles. The predicted molar refractivity (Wildman–Crippen MR) is 35.1 cm³/mol. The second-order valence-electron chi connectivity index (χ2n) is 1.50. The van der Waals surface area contributed by atoms with Gasteiger partial charge >= 0.3 is 44.9 Å². The first kappa shape index (κ1) is 6.71. The molecule has 32 valence electrons. The second-order valence-corrected chi connectivity index (χ2v) is 2.64. The molecular weight excluding hydrogens is 110 g/mol. The summed E-state index contributed by atoms with van der Waals surface area (Å²) in [5.74, 6) is 0.657. The van der Waals surface area contributed by atoms with E-state index in [1.54, 1.807) is 0 Å². The van der Waals surface area contributed by atoms with Gasteiger partial charge in [-0.15, -0.1) is 0 Å². The normalized spacial score (nSPS) is 7.83. The standard InChI is InChI=1S/C3H7BPS/c1-3(2)4-5-6/h3H,1-2H3/q+1. The van der Waals surface area contributed by atoms with Gasteiger partial charge < -0.3 is 0 Å². The number of hydrogen-bond donors (Lipinski definition) is 0. The molecule has 0 nitrogen and oxygen atoms in total. The maximum atomic E-state index is 4.64.